The second-order valence-electron chi connectivity index (χ2n) is 4.79. The van der Waals surface area contributed by atoms with Crippen LogP contribution in [0.4, 0.5) is 5.69 Å². The summed E-state index contributed by atoms with van der Waals surface area (Å²) in [5, 5.41) is 0. The van der Waals surface area contributed by atoms with Crippen molar-refractivity contribution in [1.82, 2.24) is 0 Å². The molecular formula is C17H21N. The van der Waals surface area contributed by atoms with Crippen LogP contribution in [0.1, 0.15) is 31.7 Å². The maximum Gasteiger partial charge on any atom is 0.0658 e. The smallest absolute Gasteiger partial charge is 0.0658 e. The Morgan fingerprint density at radius 3 is 2.78 bits per heavy atom. The summed E-state index contributed by atoms with van der Waals surface area (Å²) in [4.78, 5) is 4.90. The third-order valence-electron chi connectivity index (χ3n) is 3.29. The van der Waals surface area contributed by atoms with Crippen LogP contribution in [0.2, 0.25) is 0 Å². The van der Waals surface area contributed by atoms with E-state index >= 15 is 0 Å². The van der Waals surface area contributed by atoms with Gasteiger partial charge in [-0.3, -0.25) is 4.99 Å². The van der Waals surface area contributed by atoms with E-state index in [0.29, 0.717) is 5.92 Å². The first kappa shape index (κ1) is 12.8. The van der Waals surface area contributed by atoms with E-state index < -0.39 is 0 Å². The number of hydrogen-bond acceptors (Lipinski definition) is 1. The van der Waals surface area contributed by atoms with Gasteiger partial charge in [-0.05, 0) is 31.4 Å². The Hall–Kier alpha value is -1.63. The molecule has 0 N–H and O–H groups in total. The summed E-state index contributed by atoms with van der Waals surface area (Å²) in [7, 11) is 0. The van der Waals surface area contributed by atoms with Crippen molar-refractivity contribution < 1.29 is 0 Å². The number of aliphatic imine (C=N–C) groups is 1. The highest BCUT2D eigenvalue weighted by Crippen LogP contribution is 2.23. The third-order valence-corrected chi connectivity index (χ3v) is 3.29. The van der Waals surface area contributed by atoms with Gasteiger partial charge in [-0.15, -0.1) is 0 Å². The Kier molecular flexibility index (Phi) is 4.52. The molecule has 0 heterocycles. The Balaban J connectivity index is 2.27. The molecule has 0 saturated heterocycles. The van der Waals surface area contributed by atoms with Gasteiger partial charge in [0.1, 0.15) is 0 Å². The lowest BCUT2D eigenvalue weighted by Gasteiger charge is -2.16. The van der Waals surface area contributed by atoms with Crippen molar-refractivity contribution in [3.05, 3.63) is 54.1 Å². The third kappa shape index (κ3) is 3.19. The van der Waals surface area contributed by atoms with Crippen molar-refractivity contribution in [2.75, 3.05) is 0 Å². The first-order chi connectivity index (χ1) is 8.81. The van der Waals surface area contributed by atoms with Crippen LogP contribution >= 0.6 is 0 Å². The molecule has 0 bridgehead atoms. The zero-order valence-electron chi connectivity index (χ0n) is 11.3. The van der Waals surface area contributed by atoms with E-state index in [1.807, 2.05) is 0 Å². The van der Waals surface area contributed by atoms with Gasteiger partial charge in [-0.1, -0.05) is 55.8 Å². The zero-order valence-corrected chi connectivity index (χ0v) is 11.3. The number of benzene rings is 1. The van der Waals surface area contributed by atoms with Gasteiger partial charge in [0.15, 0.2) is 0 Å². The number of rotatable bonds is 4. The Morgan fingerprint density at radius 1 is 1.28 bits per heavy atom. The minimum Gasteiger partial charge on any atom is -0.257 e. The Bertz CT molecular complexity index is 480. The van der Waals surface area contributed by atoms with Gasteiger partial charge < -0.3 is 0 Å². The van der Waals surface area contributed by atoms with E-state index in [1.54, 1.807) is 0 Å². The fraction of sp³-hybridized carbons (Fsp3) is 0.353. The summed E-state index contributed by atoms with van der Waals surface area (Å²) < 4.78 is 0. The summed E-state index contributed by atoms with van der Waals surface area (Å²) in [6, 6.07) is 8.36. The molecule has 1 aliphatic carbocycles. The molecule has 0 saturated carbocycles. The lowest BCUT2D eigenvalue weighted by atomic mass is 9.92. The van der Waals surface area contributed by atoms with Crippen molar-refractivity contribution in [3.8, 4) is 0 Å². The fourth-order valence-electron chi connectivity index (χ4n) is 2.25. The van der Waals surface area contributed by atoms with E-state index in [4.69, 9.17) is 4.99 Å². The number of allylic oxidation sites excluding steroid dienone is 4. The first-order valence-corrected chi connectivity index (χ1v) is 6.77. The maximum atomic E-state index is 4.90. The molecule has 18 heavy (non-hydrogen) atoms. The van der Waals surface area contributed by atoms with Gasteiger partial charge in [0.05, 0.1) is 5.69 Å². The van der Waals surface area contributed by atoms with Gasteiger partial charge >= 0.3 is 0 Å². The average Bonchev–Trinajstić information content (AvgIpc) is 2.42. The van der Waals surface area contributed by atoms with E-state index in [2.05, 4.69) is 62.4 Å². The van der Waals surface area contributed by atoms with Crippen LogP contribution in [0.15, 0.2) is 53.6 Å². The molecule has 1 aromatic rings. The van der Waals surface area contributed by atoms with Crippen LogP contribution in [-0.2, 0) is 0 Å². The molecule has 0 spiro atoms. The first-order valence-electron chi connectivity index (χ1n) is 6.77. The number of hydrogen-bond donors (Lipinski definition) is 0. The van der Waals surface area contributed by atoms with Crippen LogP contribution in [0.5, 0.6) is 0 Å². The Morgan fingerprint density at radius 2 is 2.11 bits per heavy atom. The largest absolute Gasteiger partial charge is 0.257 e. The van der Waals surface area contributed by atoms with Crippen LogP contribution in [-0.4, -0.2) is 5.71 Å². The number of aryl methyl sites for hydroxylation is 1. The van der Waals surface area contributed by atoms with Gasteiger partial charge in [-0.2, -0.15) is 0 Å². The topological polar surface area (TPSA) is 12.4 Å². The van der Waals surface area contributed by atoms with Crippen LogP contribution in [0, 0.1) is 12.8 Å². The van der Waals surface area contributed by atoms with Gasteiger partial charge in [0.2, 0.25) is 0 Å². The SMILES string of the molecule is CCC/C(=N\c1ccccc1C)C1C=CC=CC1. The fourth-order valence-corrected chi connectivity index (χ4v) is 2.25. The molecule has 94 valence electrons. The molecule has 1 unspecified atom stereocenters. The molecule has 0 fully saturated rings. The standard InChI is InChI=1S/C17H21N/c1-3-9-17(15-11-5-4-6-12-15)18-16-13-8-7-10-14(16)2/h4-8,10-11,13,15H,3,9,12H2,1-2H3/b18-17+. The lowest BCUT2D eigenvalue weighted by molar-refractivity contribution is 0.822. The molecule has 1 aliphatic rings. The zero-order chi connectivity index (χ0) is 12.8. The van der Waals surface area contributed by atoms with Crippen molar-refractivity contribution in [2.45, 2.75) is 33.1 Å². The van der Waals surface area contributed by atoms with Gasteiger partial charge in [0, 0.05) is 11.6 Å². The molecule has 0 radical (unpaired) electrons. The molecule has 1 nitrogen and oxygen atoms in total. The minimum absolute atomic E-state index is 0.481. The molecule has 0 aromatic heterocycles. The minimum atomic E-state index is 0.481. The summed E-state index contributed by atoms with van der Waals surface area (Å²) in [5.74, 6) is 0.481. The normalized spacial score (nSPS) is 19.2. The summed E-state index contributed by atoms with van der Waals surface area (Å²) in [6.45, 7) is 4.34. The van der Waals surface area contributed by atoms with E-state index in [0.717, 1.165) is 24.9 Å². The molecular weight excluding hydrogens is 218 g/mol. The predicted octanol–water partition coefficient (Wildman–Crippen LogP) is 5.00. The second kappa shape index (κ2) is 6.34. The average molecular weight is 239 g/mol. The molecule has 0 aliphatic heterocycles. The van der Waals surface area contributed by atoms with E-state index in [-0.39, 0.29) is 0 Å². The van der Waals surface area contributed by atoms with E-state index in [9.17, 15) is 0 Å². The van der Waals surface area contributed by atoms with Crippen molar-refractivity contribution in [2.24, 2.45) is 10.9 Å². The monoisotopic (exact) mass is 239 g/mol. The summed E-state index contributed by atoms with van der Waals surface area (Å²) in [6.07, 6.45) is 12.1. The van der Waals surface area contributed by atoms with Gasteiger partial charge in [0.25, 0.3) is 0 Å². The quantitative estimate of drug-likeness (QED) is 0.656. The van der Waals surface area contributed by atoms with Crippen LogP contribution in [0.3, 0.4) is 0 Å². The van der Waals surface area contributed by atoms with Crippen LogP contribution < -0.4 is 0 Å². The molecule has 0 amide bonds. The molecule has 1 aromatic carbocycles. The summed E-state index contributed by atoms with van der Waals surface area (Å²) >= 11 is 0. The van der Waals surface area contributed by atoms with Crippen molar-refractivity contribution in [3.63, 3.8) is 0 Å². The van der Waals surface area contributed by atoms with Gasteiger partial charge in [-0.25, -0.2) is 0 Å². The molecule has 2 rings (SSSR count). The molecule has 1 heteroatoms. The van der Waals surface area contributed by atoms with Crippen molar-refractivity contribution in [1.29, 1.82) is 0 Å². The second-order valence-corrected chi connectivity index (χ2v) is 4.79. The highest BCUT2D eigenvalue weighted by molar-refractivity contribution is 5.91. The predicted molar refractivity (Wildman–Crippen MR) is 79.6 cm³/mol. The Labute approximate surface area is 110 Å². The molecule has 1 atom stereocenters. The number of para-hydroxylation sites is 1. The lowest BCUT2D eigenvalue weighted by Crippen LogP contribution is -2.12. The van der Waals surface area contributed by atoms with E-state index in [1.165, 1.54) is 11.3 Å². The highest BCUT2D eigenvalue weighted by atomic mass is 14.8. The van der Waals surface area contributed by atoms with Crippen LogP contribution in [0.25, 0.3) is 0 Å². The maximum absolute atomic E-state index is 4.90. The highest BCUT2D eigenvalue weighted by Gasteiger charge is 2.13. The number of nitrogens with zero attached hydrogens (tertiary/aromatic N) is 1. The summed E-state index contributed by atoms with van der Waals surface area (Å²) in [5.41, 5.74) is 3.68. The van der Waals surface area contributed by atoms with Crippen molar-refractivity contribution >= 4 is 11.4 Å².